The Morgan fingerprint density at radius 3 is 2.61 bits per heavy atom. The number of carboxylic acids is 1. The van der Waals surface area contributed by atoms with E-state index in [4.69, 9.17) is 5.11 Å². The van der Waals surface area contributed by atoms with Gasteiger partial charge in [-0.25, -0.2) is 0 Å². The van der Waals surface area contributed by atoms with Gasteiger partial charge in [0.2, 0.25) is 5.91 Å². The maximum Gasteiger partial charge on any atom is 0.303 e. The van der Waals surface area contributed by atoms with Gasteiger partial charge in [-0.15, -0.1) is 0 Å². The molecule has 2 rings (SSSR count). The molecule has 1 aliphatic rings. The average Bonchev–Trinajstić information content (AvgIpc) is 2.51. The van der Waals surface area contributed by atoms with Crippen molar-refractivity contribution in [2.45, 2.75) is 58.2 Å². The summed E-state index contributed by atoms with van der Waals surface area (Å²) in [6.45, 7) is 7.29. The molecule has 1 heterocycles. The number of fused-ring (bicyclic) bond motifs is 1. The predicted molar refractivity (Wildman–Crippen MR) is 89.1 cm³/mol. The van der Waals surface area contributed by atoms with Gasteiger partial charge in [0.15, 0.2) is 0 Å². The Bertz CT molecular complexity index is 583. The summed E-state index contributed by atoms with van der Waals surface area (Å²) in [7, 11) is 0. The van der Waals surface area contributed by atoms with E-state index < -0.39 is 11.5 Å². The number of amides is 1. The van der Waals surface area contributed by atoms with Crippen molar-refractivity contribution in [3.8, 4) is 0 Å². The number of rotatable bonds is 6. The van der Waals surface area contributed by atoms with Gasteiger partial charge in [0.05, 0.1) is 6.04 Å². The van der Waals surface area contributed by atoms with Crippen LogP contribution in [0, 0.1) is 0 Å². The van der Waals surface area contributed by atoms with Crippen molar-refractivity contribution >= 4 is 11.9 Å². The second-order valence-electron chi connectivity index (χ2n) is 6.93. The van der Waals surface area contributed by atoms with Gasteiger partial charge in [0.1, 0.15) is 0 Å². The molecule has 0 saturated heterocycles. The minimum atomic E-state index is -0.840. The van der Waals surface area contributed by atoms with Crippen LogP contribution in [0.3, 0.4) is 0 Å². The quantitative estimate of drug-likeness (QED) is 0.843. The highest BCUT2D eigenvalue weighted by Gasteiger charge is 2.29. The lowest BCUT2D eigenvalue weighted by atomic mass is 9.96. The minimum Gasteiger partial charge on any atom is -0.481 e. The molecular weight excluding hydrogens is 292 g/mol. The molecule has 2 N–H and O–H groups in total. The number of aliphatic carboxylic acids is 1. The van der Waals surface area contributed by atoms with Crippen molar-refractivity contribution in [2.24, 2.45) is 0 Å². The molecule has 1 atom stereocenters. The molecule has 0 saturated carbocycles. The Morgan fingerprint density at radius 1 is 1.30 bits per heavy atom. The molecule has 126 valence electrons. The highest BCUT2D eigenvalue weighted by molar-refractivity contribution is 5.82. The zero-order valence-electron chi connectivity index (χ0n) is 14.1. The molecule has 1 aliphatic heterocycles. The molecule has 0 radical (unpaired) electrons. The van der Waals surface area contributed by atoms with Crippen LogP contribution in [0.4, 0.5) is 0 Å². The van der Waals surface area contributed by atoms with E-state index in [2.05, 4.69) is 28.4 Å². The van der Waals surface area contributed by atoms with Gasteiger partial charge < -0.3 is 10.4 Å². The normalized spacial score (nSPS) is 16.5. The van der Waals surface area contributed by atoms with E-state index in [0.717, 1.165) is 19.5 Å². The average molecular weight is 318 g/mol. The Kier molecular flexibility index (Phi) is 5.42. The number of carbonyl (C=O) groups excluding carboxylic acids is 1. The van der Waals surface area contributed by atoms with E-state index >= 15 is 0 Å². The van der Waals surface area contributed by atoms with Crippen LogP contribution in [0.15, 0.2) is 24.3 Å². The second-order valence-corrected chi connectivity index (χ2v) is 6.93. The van der Waals surface area contributed by atoms with Crippen molar-refractivity contribution in [1.82, 2.24) is 10.2 Å². The minimum absolute atomic E-state index is 0.0419. The fraction of sp³-hybridized carbons (Fsp3) is 0.556. The molecule has 1 unspecified atom stereocenters. The summed E-state index contributed by atoms with van der Waals surface area (Å²) in [5, 5.41) is 11.8. The lowest BCUT2D eigenvalue weighted by Crippen LogP contribution is -2.53. The summed E-state index contributed by atoms with van der Waals surface area (Å²) in [6.07, 6.45) is 1.43. The third kappa shape index (κ3) is 4.79. The third-order valence-corrected chi connectivity index (χ3v) is 4.51. The van der Waals surface area contributed by atoms with E-state index in [1.807, 2.05) is 26.8 Å². The molecule has 0 aliphatic carbocycles. The molecule has 1 aromatic carbocycles. The van der Waals surface area contributed by atoms with E-state index in [9.17, 15) is 9.59 Å². The molecule has 0 aromatic heterocycles. The summed E-state index contributed by atoms with van der Waals surface area (Å²) in [5.41, 5.74) is 2.12. The Balaban J connectivity index is 1.94. The maximum atomic E-state index is 12.5. The van der Waals surface area contributed by atoms with Crippen molar-refractivity contribution in [3.63, 3.8) is 0 Å². The number of carbonyl (C=O) groups is 2. The largest absolute Gasteiger partial charge is 0.481 e. The Labute approximate surface area is 137 Å². The van der Waals surface area contributed by atoms with Crippen LogP contribution >= 0.6 is 0 Å². The molecule has 5 heteroatoms. The van der Waals surface area contributed by atoms with Crippen LogP contribution in [0.25, 0.3) is 0 Å². The fourth-order valence-electron chi connectivity index (χ4n) is 2.93. The number of nitrogens with zero attached hydrogens (tertiary/aromatic N) is 1. The number of benzene rings is 1. The van der Waals surface area contributed by atoms with Gasteiger partial charge in [-0.05, 0) is 44.7 Å². The van der Waals surface area contributed by atoms with Crippen LogP contribution in [0.2, 0.25) is 0 Å². The molecule has 1 amide bonds. The fourth-order valence-corrected chi connectivity index (χ4v) is 2.93. The maximum absolute atomic E-state index is 12.5. The third-order valence-electron chi connectivity index (χ3n) is 4.51. The van der Waals surface area contributed by atoms with E-state index in [0.29, 0.717) is 6.42 Å². The molecule has 23 heavy (non-hydrogen) atoms. The van der Waals surface area contributed by atoms with Crippen molar-refractivity contribution in [3.05, 3.63) is 35.4 Å². The van der Waals surface area contributed by atoms with E-state index in [1.165, 1.54) is 11.1 Å². The molecule has 0 bridgehead atoms. The standard InChI is InChI=1S/C18H26N2O3/c1-13(17(23)19-18(2,3)10-8-16(21)22)20-11-9-14-6-4-5-7-15(14)12-20/h4-7,13H,8-12H2,1-3H3,(H,19,23)(H,21,22). The lowest BCUT2D eigenvalue weighted by molar-refractivity contribution is -0.138. The number of hydrogen-bond donors (Lipinski definition) is 2. The SMILES string of the molecule is CC(C(=O)NC(C)(C)CCC(=O)O)N1CCc2ccccc2C1. The Hall–Kier alpha value is -1.88. The van der Waals surface area contributed by atoms with Gasteiger partial charge in [0, 0.05) is 25.0 Å². The molecule has 5 nitrogen and oxygen atoms in total. The summed E-state index contributed by atoms with van der Waals surface area (Å²) < 4.78 is 0. The zero-order chi connectivity index (χ0) is 17.0. The van der Waals surface area contributed by atoms with Gasteiger partial charge in [-0.2, -0.15) is 0 Å². The first-order chi connectivity index (χ1) is 10.8. The van der Waals surface area contributed by atoms with Crippen molar-refractivity contribution in [2.75, 3.05) is 6.54 Å². The number of nitrogens with one attached hydrogen (secondary N) is 1. The van der Waals surface area contributed by atoms with Crippen LogP contribution in [-0.4, -0.2) is 40.0 Å². The van der Waals surface area contributed by atoms with Crippen LogP contribution < -0.4 is 5.32 Å². The first-order valence-corrected chi connectivity index (χ1v) is 8.13. The smallest absolute Gasteiger partial charge is 0.303 e. The van der Waals surface area contributed by atoms with Gasteiger partial charge in [-0.1, -0.05) is 24.3 Å². The summed E-state index contributed by atoms with van der Waals surface area (Å²) in [6, 6.07) is 8.11. The molecular formula is C18H26N2O3. The summed E-state index contributed by atoms with van der Waals surface area (Å²) >= 11 is 0. The molecule has 0 fully saturated rings. The predicted octanol–water partition coefficient (Wildman–Crippen LogP) is 2.19. The van der Waals surface area contributed by atoms with Gasteiger partial charge >= 0.3 is 5.97 Å². The van der Waals surface area contributed by atoms with Gasteiger partial charge in [-0.3, -0.25) is 14.5 Å². The van der Waals surface area contributed by atoms with Crippen LogP contribution in [-0.2, 0) is 22.6 Å². The summed E-state index contributed by atoms with van der Waals surface area (Å²) in [4.78, 5) is 25.4. The van der Waals surface area contributed by atoms with Crippen molar-refractivity contribution in [1.29, 1.82) is 0 Å². The molecule has 1 aromatic rings. The zero-order valence-corrected chi connectivity index (χ0v) is 14.1. The lowest BCUT2D eigenvalue weighted by Gasteiger charge is -2.35. The van der Waals surface area contributed by atoms with Gasteiger partial charge in [0.25, 0.3) is 0 Å². The van der Waals surface area contributed by atoms with Crippen molar-refractivity contribution < 1.29 is 14.7 Å². The van der Waals surface area contributed by atoms with Crippen LogP contribution in [0.5, 0.6) is 0 Å². The van der Waals surface area contributed by atoms with E-state index in [1.54, 1.807) is 0 Å². The first-order valence-electron chi connectivity index (χ1n) is 8.13. The van der Waals surface area contributed by atoms with E-state index in [-0.39, 0.29) is 18.4 Å². The topological polar surface area (TPSA) is 69.6 Å². The highest BCUT2D eigenvalue weighted by atomic mass is 16.4. The first kappa shape index (κ1) is 17.5. The molecule has 0 spiro atoms. The number of hydrogen-bond acceptors (Lipinski definition) is 3. The van der Waals surface area contributed by atoms with Crippen LogP contribution in [0.1, 0.15) is 44.7 Å². The second kappa shape index (κ2) is 7.13. The highest BCUT2D eigenvalue weighted by Crippen LogP contribution is 2.21. The summed E-state index contributed by atoms with van der Waals surface area (Å²) in [5.74, 6) is -0.882. The Morgan fingerprint density at radius 2 is 1.96 bits per heavy atom. The monoisotopic (exact) mass is 318 g/mol. The number of carboxylic acid groups (broad SMARTS) is 1.